The van der Waals surface area contributed by atoms with E-state index in [-0.39, 0.29) is 45.7 Å². The summed E-state index contributed by atoms with van der Waals surface area (Å²) in [5.41, 5.74) is 5.57. The molecule has 2 heterocycles. The van der Waals surface area contributed by atoms with Gasteiger partial charge in [0.05, 0.1) is 17.2 Å². The zero-order valence-corrected chi connectivity index (χ0v) is 22.1. The molecule has 196 valence electrons. The Bertz CT molecular complexity index is 2810. The van der Waals surface area contributed by atoms with Gasteiger partial charge in [-0.25, -0.2) is 0 Å². The molecule has 0 amide bonds. The number of furan rings is 2. The van der Waals surface area contributed by atoms with E-state index in [0.29, 0.717) is 33.4 Å². The van der Waals surface area contributed by atoms with Gasteiger partial charge in [-0.3, -0.25) is 0 Å². The molecule has 7 aromatic carbocycles. The molecule has 0 saturated carbocycles. The number of rotatable bonds is 3. The molecule has 0 bridgehead atoms. The largest absolute Gasteiger partial charge is 0.464 e. The van der Waals surface area contributed by atoms with E-state index in [0.717, 1.165) is 32.9 Å². The van der Waals surface area contributed by atoms with Crippen LogP contribution < -0.4 is 0 Å². The molecule has 2 heteroatoms. The van der Waals surface area contributed by atoms with Gasteiger partial charge >= 0.3 is 0 Å². The minimum absolute atomic E-state index is 0.181. The molecule has 0 saturated heterocycles. The molecule has 9 aromatic rings. The van der Waals surface area contributed by atoms with Crippen molar-refractivity contribution in [2.45, 2.75) is 0 Å². The van der Waals surface area contributed by atoms with Crippen LogP contribution in [-0.2, 0) is 0 Å². The van der Waals surface area contributed by atoms with E-state index in [9.17, 15) is 0 Å². The van der Waals surface area contributed by atoms with Crippen LogP contribution in [0.2, 0.25) is 0 Å². The lowest BCUT2D eigenvalue weighted by atomic mass is 9.85. The first-order chi connectivity index (χ1) is 24.2. The SMILES string of the molecule is [2H]c1c([2H])c([2H])c2c(-c3ccc(-c4c5ccoc5cc5oc6ccccc6c45)cc3)c3c([2H])c([2H])c([2H])c([2H])c3c(-c3ccccc3)c2c1[2H]. The summed E-state index contributed by atoms with van der Waals surface area (Å²) in [7, 11) is 0. The number of fused-ring (bicyclic) bond motifs is 6. The van der Waals surface area contributed by atoms with Crippen molar-refractivity contribution >= 4 is 54.5 Å². The normalized spacial score (nSPS) is 14.5. The summed E-state index contributed by atoms with van der Waals surface area (Å²) in [6.45, 7) is 0. The number of hydrogen-bond donors (Lipinski definition) is 0. The number of benzene rings is 7. The van der Waals surface area contributed by atoms with Gasteiger partial charge in [-0.1, -0.05) is 121 Å². The Morgan fingerprint density at radius 3 is 1.62 bits per heavy atom. The molecule has 0 aliphatic heterocycles. The summed E-state index contributed by atoms with van der Waals surface area (Å²) in [5.74, 6) is 0. The topological polar surface area (TPSA) is 26.3 Å². The van der Waals surface area contributed by atoms with Gasteiger partial charge in [0, 0.05) is 27.8 Å². The van der Waals surface area contributed by atoms with Crippen LogP contribution in [0.4, 0.5) is 0 Å². The highest BCUT2D eigenvalue weighted by atomic mass is 16.3. The summed E-state index contributed by atoms with van der Waals surface area (Å²) in [5, 5.41) is 3.50. The molecule has 2 aromatic heterocycles. The molecular weight excluding hydrogens is 512 g/mol. The van der Waals surface area contributed by atoms with Crippen molar-refractivity contribution in [3.05, 3.63) is 146 Å². The van der Waals surface area contributed by atoms with Crippen LogP contribution in [0.5, 0.6) is 0 Å². The standard InChI is InChI=1S/C40H24O2/c1-2-10-25(11-3-1)37-28-12-4-6-14-30(28)38(31-15-7-5-13-29(31)37)26-18-20-27(21-19-26)39-33-22-23-41-35(33)24-36-40(39)32-16-8-9-17-34(32)42-36/h1-24H/i4D,5D,6D,7D,12D,13D,14D,15D. The highest BCUT2D eigenvalue weighted by Crippen LogP contribution is 2.45. The molecule has 0 aliphatic rings. The third-order valence-electron chi connectivity index (χ3n) is 8.00. The fourth-order valence-electron chi connectivity index (χ4n) is 6.23. The van der Waals surface area contributed by atoms with Crippen LogP contribution in [0.15, 0.2) is 154 Å². The predicted octanol–water partition coefficient (Wildman–Crippen LogP) is 11.6. The molecule has 0 unspecified atom stereocenters. The molecule has 0 spiro atoms. The average molecular weight is 545 g/mol. The van der Waals surface area contributed by atoms with E-state index >= 15 is 0 Å². The van der Waals surface area contributed by atoms with E-state index in [4.69, 9.17) is 19.8 Å². The van der Waals surface area contributed by atoms with Gasteiger partial charge in [0.25, 0.3) is 0 Å². The van der Waals surface area contributed by atoms with Crippen molar-refractivity contribution in [3.8, 4) is 33.4 Å². The quantitative estimate of drug-likeness (QED) is 0.207. The van der Waals surface area contributed by atoms with E-state index in [1.54, 1.807) is 30.5 Å². The molecule has 0 fully saturated rings. The molecule has 0 atom stereocenters. The van der Waals surface area contributed by atoms with Gasteiger partial charge < -0.3 is 8.83 Å². The Labute approximate surface area is 253 Å². The zero-order chi connectivity index (χ0) is 34.6. The van der Waals surface area contributed by atoms with Crippen LogP contribution in [0.3, 0.4) is 0 Å². The highest BCUT2D eigenvalue weighted by molar-refractivity contribution is 6.22. The Kier molecular flexibility index (Phi) is 3.54. The molecule has 0 N–H and O–H groups in total. The number of hydrogen-bond acceptors (Lipinski definition) is 2. The van der Waals surface area contributed by atoms with Crippen molar-refractivity contribution < 1.29 is 19.8 Å². The summed E-state index contributed by atoms with van der Waals surface area (Å²) in [6, 6.07) is 25.2. The van der Waals surface area contributed by atoms with Crippen LogP contribution in [-0.4, -0.2) is 0 Å². The minimum atomic E-state index is -0.430. The lowest BCUT2D eigenvalue weighted by Gasteiger charge is -2.18. The summed E-state index contributed by atoms with van der Waals surface area (Å²) in [4.78, 5) is 0. The summed E-state index contributed by atoms with van der Waals surface area (Å²) >= 11 is 0. The van der Waals surface area contributed by atoms with Gasteiger partial charge in [0.1, 0.15) is 16.7 Å². The van der Waals surface area contributed by atoms with Crippen molar-refractivity contribution in [3.63, 3.8) is 0 Å². The summed E-state index contributed by atoms with van der Waals surface area (Å²) in [6.07, 6.45) is 1.64. The van der Waals surface area contributed by atoms with E-state index in [2.05, 4.69) is 0 Å². The highest BCUT2D eigenvalue weighted by Gasteiger charge is 2.19. The second-order valence-electron chi connectivity index (χ2n) is 10.2. The molecule has 42 heavy (non-hydrogen) atoms. The molecule has 0 radical (unpaired) electrons. The average Bonchev–Trinajstić information content (AvgIpc) is 3.77. The van der Waals surface area contributed by atoms with Crippen LogP contribution >= 0.6 is 0 Å². The Hall–Kier alpha value is -5.60. The Morgan fingerprint density at radius 2 is 0.976 bits per heavy atom. The maximum atomic E-state index is 9.17. The molecule has 2 nitrogen and oxygen atoms in total. The van der Waals surface area contributed by atoms with Gasteiger partial charge in [0.2, 0.25) is 0 Å². The van der Waals surface area contributed by atoms with Crippen molar-refractivity contribution in [1.82, 2.24) is 0 Å². The van der Waals surface area contributed by atoms with Crippen molar-refractivity contribution in [2.75, 3.05) is 0 Å². The van der Waals surface area contributed by atoms with E-state index in [1.807, 2.05) is 66.7 Å². The summed E-state index contributed by atoms with van der Waals surface area (Å²) < 4.78 is 83.1. The molecule has 9 rings (SSSR count). The maximum absolute atomic E-state index is 9.17. The van der Waals surface area contributed by atoms with Crippen molar-refractivity contribution in [2.24, 2.45) is 0 Å². The third kappa shape index (κ3) is 3.33. The van der Waals surface area contributed by atoms with E-state index in [1.165, 1.54) is 0 Å². The third-order valence-corrected chi connectivity index (χ3v) is 8.00. The van der Waals surface area contributed by atoms with Crippen LogP contribution in [0, 0.1) is 0 Å². The predicted molar refractivity (Wildman–Crippen MR) is 175 cm³/mol. The smallest absolute Gasteiger partial charge is 0.139 e. The first kappa shape index (κ1) is 16.6. The zero-order valence-electron chi connectivity index (χ0n) is 30.1. The molecule has 0 aliphatic carbocycles. The van der Waals surface area contributed by atoms with E-state index < -0.39 is 24.2 Å². The number of para-hydroxylation sites is 1. The fraction of sp³-hybridized carbons (Fsp3) is 0. The molecular formula is C40H24O2. The monoisotopic (exact) mass is 544 g/mol. The maximum Gasteiger partial charge on any atom is 0.139 e. The lowest BCUT2D eigenvalue weighted by Crippen LogP contribution is -1.91. The van der Waals surface area contributed by atoms with Crippen LogP contribution in [0.25, 0.3) is 87.8 Å². The van der Waals surface area contributed by atoms with Gasteiger partial charge in [0.15, 0.2) is 0 Å². The fourth-order valence-corrected chi connectivity index (χ4v) is 6.23. The second kappa shape index (κ2) is 8.95. The van der Waals surface area contributed by atoms with Gasteiger partial charge in [-0.15, -0.1) is 0 Å². The van der Waals surface area contributed by atoms with Gasteiger partial charge in [-0.2, -0.15) is 0 Å². The second-order valence-corrected chi connectivity index (χ2v) is 10.2. The first-order valence-corrected chi connectivity index (χ1v) is 13.6. The van der Waals surface area contributed by atoms with Crippen LogP contribution in [0.1, 0.15) is 11.0 Å². The Balaban J connectivity index is 1.42. The Morgan fingerprint density at radius 1 is 0.429 bits per heavy atom. The van der Waals surface area contributed by atoms with Gasteiger partial charge in [-0.05, 0) is 61.5 Å². The first-order valence-electron chi connectivity index (χ1n) is 17.6. The van der Waals surface area contributed by atoms with Crippen molar-refractivity contribution in [1.29, 1.82) is 0 Å². The lowest BCUT2D eigenvalue weighted by molar-refractivity contribution is 0.613. The minimum Gasteiger partial charge on any atom is -0.464 e.